The fourth-order valence-corrected chi connectivity index (χ4v) is 3.68. The maximum atomic E-state index is 12.4. The van der Waals surface area contributed by atoms with Crippen LogP contribution >= 0.6 is 0 Å². The molecule has 176 valence electrons. The normalized spacial score (nSPS) is 11.0. The number of para-hydroxylation sites is 1. The number of nitrogens with zero attached hydrogens (tertiary/aromatic N) is 1. The Morgan fingerprint density at radius 2 is 1.48 bits per heavy atom. The first-order valence-corrected chi connectivity index (χ1v) is 12.2. The zero-order valence-electron chi connectivity index (χ0n) is 20.3. The van der Waals surface area contributed by atoms with Gasteiger partial charge in [-0.3, -0.25) is 14.5 Å². The van der Waals surface area contributed by atoms with Crippen LogP contribution in [0.2, 0.25) is 0 Å². The number of anilines is 1. The molecule has 0 aliphatic heterocycles. The van der Waals surface area contributed by atoms with Crippen molar-refractivity contribution in [2.24, 2.45) is 0 Å². The summed E-state index contributed by atoms with van der Waals surface area (Å²) in [5.74, 6) is -0.167. The van der Waals surface area contributed by atoms with Gasteiger partial charge in [-0.2, -0.15) is 0 Å². The van der Waals surface area contributed by atoms with Gasteiger partial charge in [-0.1, -0.05) is 83.4 Å². The number of benzene rings is 1. The van der Waals surface area contributed by atoms with Gasteiger partial charge in [0.05, 0.1) is 6.54 Å². The van der Waals surface area contributed by atoms with E-state index < -0.39 is 0 Å². The number of unbranched alkanes of at least 4 members (excludes halogenated alkanes) is 8. The van der Waals surface area contributed by atoms with E-state index >= 15 is 0 Å². The highest BCUT2D eigenvalue weighted by atomic mass is 16.5. The number of amides is 1. The van der Waals surface area contributed by atoms with E-state index in [0.29, 0.717) is 26.1 Å². The number of nitrogens with one attached hydrogen (secondary N) is 1. The molecule has 0 aliphatic carbocycles. The highest BCUT2D eigenvalue weighted by molar-refractivity contribution is 5.93. The van der Waals surface area contributed by atoms with E-state index in [1.807, 2.05) is 43.9 Å². The molecule has 1 aromatic rings. The number of esters is 1. The lowest BCUT2D eigenvalue weighted by atomic mass is 10.1. The lowest BCUT2D eigenvalue weighted by Crippen LogP contribution is -2.36. The second-order valence-corrected chi connectivity index (χ2v) is 8.48. The molecule has 0 atom stereocenters. The molecule has 0 spiro atoms. The van der Waals surface area contributed by atoms with Crippen LogP contribution in [0.3, 0.4) is 0 Å². The van der Waals surface area contributed by atoms with Crippen molar-refractivity contribution in [1.29, 1.82) is 0 Å². The third-order valence-corrected chi connectivity index (χ3v) is 5.71. The topological polar surface area (TPSA) is 58.6 Å². The summed E-state index contributed by atoms with van der Waals surface area (Å²) in [6.45, 7) is 10.2. The van der Waals surface area contributed by atoms with Crippen molar-refractivity contribution >= 4 is 17.6 Å². The molecule has 31 heavy (non-hydrogen) atoms. The highest BCUT2D eigenvalue weighted by Crippen LogP contribution is 2.19. The summed E-state index contributed by atoms with van der Waals surface area (Å²) >= 11 is 0. The molecule has 1 aromatic carbocycles. The van der Waals surface area contributed by atoms with Gasteiger partial charge < -0.3 is 10.1 Å². The lowest BCUT2D eigenvalue weighted by molar-refractivity contribution is -0.144. The summed E-state index contributed by atoms with van der Waals surface area (Å²) in [6.07, 6.45) is 11.6. The van der Waals surface area contributed by atoms with Crippen LogP contribution in [0.1, 0.15) is 89.2 Å². The predicted molar refractivity (Wildman–Crippen MR) is 129 cm³/mol. The van der Waals surface area contributed by atoms with Gasteiger partial charge in [0.2, 0.25) is 5.91 Å². The molecule has 0 saturated heterocycles. The van der Waals surface area contributed by atoms with Crippen LogP contribution < -0.4 is 5.32 Å². The first kappa shape index (κ1) is 27.2. The van der Waals surface area contributed by atoms with E-state index in [9.17, 15) is 9.59 Å². The largest absolute Gasteiger partial charge is 0.464 e. The van der Waals surface area contributed by atoms with Crippen LogP contribution in [0.4, 0.5) is 5.69 Å². The van der Waals surface area contributed by atoms with Crippen LogP contribution in [0.5, 0.6) is 0 Å². The molecular formula is C26H44N2O3. The first-order chi connectivity index (χ1) is 15.0. The first-order valence-electron chi connectivity index (χ1n) is 12.2. The minimum absolute atomic E-state index is 0.0414. The molecule has 0 radical (unpaired) electrons. The average molecular weight is 433 g/mol. The Labute approximate surface area is 189 Å². The molecule has 1 N–H and O–H groups in total. The van der Waals surface area contributed by atoms with E-state index in [1.165, 1.54) is 44.9 Å². The minimum Gasteiger partial charge on any atom is -0.464 e. The SMILES string of the molecule is CCCCCCCCCCCC(=O)OCCN(CC)CC(=O)Nc1c(C)cccc1C. The Bertz CT molecular complexity index is 625. The zero-order chi connectivity index (χ0) is 22.9. The van der Waals surface area contributed by atoms with Crippen molar-refractivity contribution in [3.8, 4) is 0 Å². The minimum atomic E-state index is -0.126. The van der Waals surface area contributed by atoms with Gasteiger partial charge in [0.25, 0.3) is 0 Å². The number of hydrogen-bond donors (Lipinski definition) is 1. The fraction of sp³-hybridized carbons (Fsp3) is 0.692. The van der Waals surface area contributed by atoms with Gasteiger partial charge in [0, 0.05) is 18.7 Å². The Morgan fingerprint density at radius 3 is 2.06 bits per heavy atom. The van der Waals surface area contributed by atoms with E-state index in [2.05, 4.69) is 12.2 Å². The number of ether oxygens (including phenoxy) is 1. The second-order valence-electron chi connectivity index (χ2n) is 8.48. The number of rotatable bonds is 17. The predicted octanol–water partition coefficient (Wildman–Crippen LogP) is 6.03. The maximum absolute atomic E-state index is 12.4. The molecule has 0 saturated carbocycles. The summed E-state index contributed by atoms with van der Waals surface area (Å²) in [5.41, 5.74) is 3.00. The van der Waals surface area contributed by atoms with E-state index in [0.717, 1.165) is 36.2 Å². The summed E-state index contributed by atoms with van der Waals surface area (Å²) in [4.78, 5) is 26.4. The van der Waals surface area contributed by atoms with Gasteiger partial charge >= 0.3 is 5.97 Å². The molecule has 0 unspecified atom stereocenters. The fourth-order valence-electron chi connectivity index (χ4n) is 3.68. The zero-order valence-corrected chi connectivity index (χ0v) is 20.3. The van der Waals surface area contributed by atoms with Crippen molar-refractivity contribution in [2.75, 3.05) is 31.6 Å². The summed E-state index contributed by atoms with van der Waals surface area (Å²) in [6, 6.07) is 5.97. The van der Waals surface area contributed by atoms with Crippen LogP contribution in [0.25, 0.3) is 0 Å². The standard InChI is InChI=1S/C26H44N2O3/c1-5-7-8-9-10-11-12-13-14-18-25(30)31-20-19-28(6-2)21-24(29)27-26-22(3)16-15-17-23(26)4/h15-17H,5-14,18-21H2,1-4H3,(H,27,29). The molecular weight excluding hydrogens is 388 g/mol. The number of hydrogen-bond acceptors (Lipinski definition) is 4. The van der Waals surface area contributed by atoms with Crippen LogP contribution in [-0.2, 0) is 14.3 Å². The third kappa shape index (κ3) is 12.5. The molecule has 0 heterocycles. The molecule has 5 nitrogen and oxygen atoms in total. The van der Waals surface area contributed by atoms with Gasteiger partial charge in [-0.15, -0.1) is 0 Å². The molecule has 0 aromatic heterocycles. The maximum Gasteiger partial charge on any atom is 0.305 e. The summed E-state index contributed by atoms with van der Waals surface area (Å²) in [7, 11) is 0. The highest BCUT2D eigenvalue weighted by Gasteiger charge is 2.12. The van der Waals surface area contributed by atoms with E-state index in [4.69, 9.17) is 4.74 Å². The van der Waals surface area contributed by atoms with Crippen molar-refractivity contribution in [1.82, 2.24) is 4.90 Å². The summed E-state index contributed by atoms with van der Waals surface area (Å²) < 4.78 is 5.37. The Balaban J connectivity index is 2.14. The van der Waals surface area contributed by atoms with Crippen molar-refractivity contribution in [2.45, 2.75) is 91.9 Å². The van der Waals surface area contributed by atoms with E-state index in [-0.39, 0.29) is 11.9 Å². The molecule has 0 fully saturated rings. The monoisotopic (exact) mass is 432 g/mol. The van der Waals surface area contributed by atoms with Crippen molar-refractivity contribution < 1.29 is 14.3 Å². The Kier molecular flexibility index (Phi) is 14.7. The second kappa shape index (κ2) is 16.8. The quantitative estimate of drug-likeness (QED) is 0.241. The van der Waals surface area contributed by atoms with Gasteiger partial charge in [-0.25, -0.2) is 0 Å². The summed E-state index contributed by atoms with van der Waals surface area (Å²) in [5, 5.41) is 3.01. The van der Waals surface area contributed by atoms with Crippen LogP contribution in [-0.4, -0.2) is 43.0 Å². The van der Waals surface area contributed by atoms with Crippen LogP contribution in [0, 0.1) is 13.8 Å². The molecule has 5 heteroatoms. The van der Waals surface area contributed by atoms with Crippen molar-refractivity contribution in [3.05, 3.63) is 29.3 Å². The number of aryl methyl sites for hydroxylation is 2. The van der Waals surface area contributed by atoms with Gasteiger partial charge in [0.15, 0.2) is 0 Å². The number of carbonyl (C=O) groups excluding carboxylic acids is 2. The Morgan fingerprint density at radius 1 is 0.903 bits per heavy atom. The Hall–Kier alpha value is -1.88. The van der Waals surface area contributed by atoms with Crippen molar-refractivity contribution in [3.63, 3.8) is 0 Å². The number of carbonyl (C=O) groups is 2. The van der Waals surface area contributed by atoms with Crippen LogP contribution in [0.15, 0.2) is 18.2 Å². The lowest BCUT2D eigenvalue weighted by Gasteiger charge is -2.20. The van der Waals surface area contributed by atoms with E-state index in [1.54, 1.807) is 0 Å². The average Bonchev–Trinajstić information content (AvgIpc) is 2.74. The molecule has 1 amide bonds. The molecule has 0 bridgehead atoms. The number of likely N-dealkylation sites (N-methyl/N-ethyl adjacent to an activating group) is 1. The van der Waals surface area contributed by atoms with Gasteiger partial charge in [0.1, 0.15) is 6.61 Å². The molecule has 1 rings (SSSR count). The smallest absolute Gasteiger partial charge is 0.305 e. The molecule has 0 aliphatic rings. The van der Waals surface area contributed by atoms with Gasteiger partial charge in [-0.05, 0) is 37.9 Å². The third-order valence-electron chi connectivity index (χ3n) is 5.71.